The summed E-state index contributed by atoms with van der Waals surface area (Å²) in [5.41, 5.74) is -1.72. The molecule has 0 unspecified atom stereocenters. The molecular formula is C23H18F8N4O7. The van der Waals surface area contributed by atoms with Gasteiger partial charge in [-0.05, 0) is 5.92 Å². The highest BCUT2D eigenvalue weighted by Gasteiger charge is 2.33. The first-order valence-electron chi connectivity index (χ1n) is 11.3. The first-order chi connectivity index (χ1) is 19.5. The zero-order valence-corrected chi connectivity index (χ0v) is 21.1. The van der Waals surface area contributed by atoms with Crippen LogP contribution >= 0.6 is 0 Å². The van der Waals surface area contributed by atoms with Gasteiger partial charge >= 0.3 is 17.8 Å². The quantitative estimate of drug-likeness (QED) is 0.129. The highest BCUT2D eigenvalue weighted by atomic mass is 19.2. The minimum absolute atomic E-state index is 0.145. The van der Waals surface area contributed by atoms with Crippen LogP contribution in [0.5, 0.6) is 5.75 Å². The van der Waals surface area contributed by atoms with Crippen LogP contribution in [0.15, 0.2) is 6.07 Å². The highest BCUT2D eigenvalue weighted by molar-refractivity contribution is 6.40. The zero-order chi connectivity index (χ0) is 32.0. The van der Waals surface area contributed by atoms with Crippen LogP contribution in [0.4, 0.5) is 40.8 Å². The second-order valence-electron chi connectivity index (χ2n) is 8.56. The molecule has 1 aromatic carbocycles. The van der Waals surface area contributed by atoms with Crippen LogP contribution in [0.25, 0.3) is 0 Å². The number of benzene rings is 1. The number of nitrogens with one attached hydrogen (secondary N) is 3. The molecule has 42 heavy (non-hydrogen) atoms. The number of aromatic nitrogens is 1. The number of ether oxygens (including phenoxy) is 1. The van der Waals surface area contributed by atoms with Crippen LogP contribution < -0.4 is 20.7 Å². The second-order valence-corrected chi connectivity index (χ2v) is 8.56. The molecule has 0 aliphatic carbocycles. The van der Waals surface area contributed by atoms with Crippen LogP contribution in [0.3, 0.4) is 0 Å². The number of carboxylic acid groups (broad SMARTS) is 1. The lowest BCUT2D eigenvalue weighted by Gasteiger charge is -2.24. The van der Waals surface area contributed by atoms with Crippen molar-refractivity contribution in [2.75, 3.05) is 11.9 Å². The van der Waals surface area contributed by atoms with Crippen molar-refractivity contribution in [1.82, 2.24) is 15.6 Å². The summed E-state index contributed by atoms with van der Waals surface area (Å²) >= 11 is 0. The summed E-state index contributed by atoms with van der Waals surface area (Å²) in [7, 11) is 0. The van der Waals surface area contributed by atoms with Crippen LogP contribution in [-0.2, 0) is 24.0 Å². The maximum atomic E-state index is 13.8. The molecule has 0 bridgehead atoms. The van der Waals surface area contributed by atoms with Gasteiger partial charge in [-0.15, -0.1) is 0 Å². The van der Waals surface area contributed by atoms with Crippen molar-refractivity contribution in [2.45, 2.75) is 32.4 Å². The van der Waals surface area contributed by atoms with E-state index in [1.54, 1.807) is 5.32 Å². The molecule has 0 fully saturated rings. The zero-order valence-electron chi connectivity index (χ0n) is 21.1. The summed E-state index contributed by atoms with van der Waals surface area (Å²) in [6.45, 7) is 1.14. The Balaban J connectivity index is 2.18. The Kier molecular flexibility index (Phi) is 10.9. The Hall–Kier alpha value is -4.84. The predicted molar refractivity (Wildman–Crippen MR) is 120 cm³/mol. The molecule has 0 aliphatic heterocycles. The fraction of sp³-hybridized carbons (Fsp3) is 0.304. The number of ketones is 1. The summed E-state index contributed by atoms with van der Waals surface area (Å²) in [5, 5.41) is 14.0. The van der Waals surface area contributed by atoms with E-state index in [2.05, 4.69) is 9.72 Å². The number of aliphatic carboxylic acids is 1. The van der Waals surface area contributed by atoms with Crippen molar-refractivity contribution in [1.29, 1.82) is 0 Å². The molecule has 2 rings (SSSR count). The number of Topliss-reactive ketones (excluding diaryl/α,β-unsaturated/α-hetero) is 1. The second kappa shape index (κ2) is 13.7. The standard InChI is InChI=1S/C23H18F8N4O7/c1-6(2)16(33-22(40)23(41)34-17-14(28)19(30)35-20(31)15(17)29)21(39)32-9(4-11(37)38)10(36)5-42-18-12(26)7(24)3-8(25)13(18)27/h3,6,9,16H,4-5H2,1-2H3,(H,32,39)(H,33,40)(H,37,38)(H,34,35,41)/t9-,16-/m0/s1. The van der Waals surface area contributed by atoms with Crippen LogP contribution in [-0.4, -0.2) is 58.3 Å². The third kappa shape index (κ3) is 7.88. The van der Waals surface area contributed by atoms with Crippen LogP contribution in [0.2, 0.25) is 0 Å². The predicted octanol–water partition coefficient (Wildman–Crippen LogP) is 1.88. The molecule has 3 amide bonds. The molecule has 0 radical (unpaired) electrons. The van der Waals surface area contributed by atoms with Crippen LogP contribution in [0, 0.1) is 52.7 Å². The molecular weight excluding hydrogens is 596 g/mol. The fourth-order valence-electron chi connectivity index (χ4n) is 3.11. The average molecular weight is 614 g/mol. The van der Waals surface area contributed by atoms with Crippen molar-refractivity contribution >= 4 is 35.2 Å². The Morgan fingerprint density at radius 2 is 1.36 bits per heavy atom. The van der Waals surface area contributed by atoms with Gasteiger partial charge in [0.05, 0.1) is 6.42 Å². The maximum Gasteiger partial charge on any atom is 0.313 e. The number of carboxylic acids is 1. The third-order valence-corrected chi connectivity index (χ3v) is 5.19. The molecule has 11 nitrogen and oxygen atoms in total. The summed E-state index contributed by atoms with van der Waals surface area (Å²) in [6, 6.07) is -3.95. The lowest BCUT2D eigenvalue weighted by molar-refractivity contribution is -0.141. The number of carbonyl (C=O) groups is 5. The van der Waals surface area contributed by atoms with E-state index in [-0.39, 0.29) is 6.07 Å². The highest BCUT2D eigenvalue weighted by Crippen LogP contribution is 2.26. The third-order valence-electron chi connectivity index (χ3n) is 5.19. The van der Waals surface area contributed by atoms with Gasteiger partial charge in [0.1, 0.15) is 24.4 Å². The Bertz CT molecular complexity index is 1390. The van der Waals surface area contributed by atoms with Gasteiger partial charge in [-0.25, -0.2) is 8.78 Å². The number of hydrogen-bond donors (Lipinski definition) is 4. The Labute approximate surface area is 229 Å². The van der Waals surface area contributed by atoms with E-state index in [0.29, 0.717) is 0 Å². The van der Waals surface area contributed by atoms with Crippen molar-refractivity contribution in [3.63, 3.8) is 0 Å². The van der Waals surface area contributed by atoms with Crippen molar-refractivity contribution in [3.8, 4) is 5.75 Å². The normalized spacial score (nSPS) is 12.4. The van der Waals surface area contributed by atoms with Crippen molar-refractivity contribution in [3.05, 3.63) is 52.9 Å². The van der Waals surface area contributed by atoms with Gasteiger partial charge in [0, 0.05) is 6.07 Å². The monoisotopic (exact) mass is 614 g/mol. The summed E-state index contributed by atoms with van der Waals surface area (Å²) in [5.74, 6) is -27.1. The molecule has 228 valence electrons. The Morgan fingerprint density at radius 1 is 0.833 bits per heavy atom. The molecule has 0 saturated heterocycles. The molecule has 0 spiro atoms. The number of hydrogen-bond acceptors (Lipinski definition) is 7. The topological polar surface area (TPSA) is 164 Å². The number of carbonyl (C=O) groups excluding carboxylic acids is 4. The number of nitrogens with zero attached hydrogens (tertiary/aromatic N) is 1. The number of halogens is 8. The lowest BCUT2D eigenvalue weighted by Crippen LogP contribution is -2.56. The number of pyridine rings is 1. The number of anilines is 1. The van der Waals surface area contributed by atoms with Gasteiger partial charge < -0.3 is 25.8 Å². The van der Waals surface area contributed by atoms with E-state index in [1.807, 2.05) is 5.32 Å². The van der Waals surface area contributed by atoms with Gasteiger partial charge in [-0.3, -0.25) is 24.0 Å². The molecule has 1 heterocycles. The summed E-state index contributed by atoms with van der Waals surface area (Å²) in [6.07, 6.45) is -1.17. The van der Waals surface area contributed by atoms with E-state index in [0.717, 1.165) is 0 Å². The lowest BCUT2D eigenvalue weighted by atomic mass is 10.0. The van der Waals surface area contributed by atoms with E-state index >= 15 is 0 Å². The van der Waals surface area contributed by atoms with E-state index < -0.39 is 119 Å². The molecule has 0 saturated carbocycles. The first kappa shape index (κ1) is 33.4. The first-order valence-corrected chi connectivity index (χ1v) is 11.3. The Morgan fingerprint density at radius 3 is 1.83 bits per heavy atom. The SMILES string of the molecule is CC(C)[C@H](NC(=O)C(=O)Nc1c(F)c(F)nc(F)c1F)C(=O)N[C@@H](CC(=O)O)C(=O)COc1c(F)c(F)cc(F)c1F. The molecule has 0 aliphatic rings. The van der Waals surface area contributed by atoms with E-state index in [9.17, 15) is 59.1 Å². The molecule has 19 heteroatoms. The smallest absolute Gasteiger partial charge is 0.313 e. The largest absolute Gasteiger partial charge is 0.481 e. The molecule has 4 N–H and O–H groups in total. The van der Waals surface area contributed by atoms with E-state index in [4.69, 9.17) is 5.11 Å². The van der Waals surface area contributed by atoms with E-state index in [1.165, 1.54) is 19.2 Å². The summed E-state index contributed by atoms with van der Waals surface area (Å²) < 4.78 is 113. The van der Waals surface area contributed by atoms with Gasteiger partial charge in [-0.1, -0.05) is 13.8 Å². The molecule has 2 aromatic rings. The van der Waals surface area contributed by atoms with Gasteiger partial charge in [0.15, 0.2) is 23.2 Å². The van der Waals surface area contributed by atoms with Gasteiger partial charge in [0.25, 0.3) is 11.9 Å². The van der Waals surface area contributed by atoms with Crippen molar-refractivity contribution < 1.29 is 68.9 Å². The van der Waals surface area contributed by atoms with Crippen LogP contribution in [0.1, 0.15) is 20.3 Å². The minimum Gasteiger partial charge on any atom is -0.481 e. The van der Waals surface area contributed by atoms with Gasteiger partial charge in [0.2, 0.25) is 29.2 Å². The molecule has 1 aromatic heterocycles. The number of amides is 3. The number of rotatable bonds is 11. The molecule has 2 atom stereocenters. The minimum atomic E-state index is -2.16. The summed E-state index contributed by atoms with van der Waals surface area (Å²) in [4.78, 5) is 63.1. The maximum absolute atomic E-state index is 13.8. The fourth-order valence-corrected chi connectivity index (χ4v) is 3.11. The average Bonchev–Trinajstić information content (AvgIpc) is 2.90. The van der Waals surface area contributed by atoms with Gasteiger partial charge in [-0.2, -0.15) is 31.3 Å². The van der Waals surface area contributed by atoms with Crippen molar-refractivity contribution in [2.24, 2.45) is 5.92 Å².